The fraction of sp³-hybridized carbons (Fsp3) is 0.389. The van der Waals surface area contributed by atoms with Gasteiger partial charge in [-0.15, -0.1) is 0 Å². The molecule has 3 rings (SSSR count). The molecule has 25 heavy (non-hydrogen) atoms. The van der Waals surface area contributed by atoms with Gasteiger partial charge in [-0.3, -0.25) is 14.9 Å². The molecule has 0 unspecified atom stereocenters. The molecule has 1 heterocycles. The molecule has 0 aliphatic heterocycles. The van der Waals surface area contributed by atoms with Crippen LogP contribution in [0.5, 0.6) is 0 Å². The molecule has 1 saturated carbocycles. The van der Waals surface area contributed by atoms with Crippen molar-refractivity contribution in [3.05, 3.63) is 36.0 Å². The number of carbonyl (C=O) groups excluding carboxylic acids is 3. The second-order valence-corrected chi connectivity index (χ2v) is 6.20. The topological polar surface area (TPSA) is 100 Å². The summed E-state index contributed by atoms with van der Waals surface area (Å²) >= 11 is 0. The predicted molar refractivity (Wildman–Crippen MR) is 91.9 cm³/mol. The molecular weight excluding hydrogens is 322 g/mol. The normalized spacial score (nSPS) is 14.4. The van der Waals surface area contributed by atoms with Crippen molar-refractivity contribution in [2.24, 2.45) is 0 Å². The molecule has 1 fully saturated rings. The van der Waals surface area contributed by atoms with E-state index < -0.39 is 24.5 Å². The molecule has 3 amide bonds. The van der Waals surface area contributed by atoms with Crippen molar-refractivity contribution in [3.8, 4) is 0 Å². The number of ether oxygens (including phenoxy) is 1. The average molecular weight is 343 g/mol. The molecule has 1 aromatic carbocycles. The van der Waals surface area contributed by atoms with Crippen LogP contribution >= 0.6 is 0 Å². The molecule has 7 heteroatoms. The number of nitrogens with one attached hydrogen (secondary N) is 3. The minimum absolute atomic E-state index is 0.0611. The lowest BCUT2D eigenvalue weighted by atomic mass is 10.1. The highest BCUT2D eigenvalue weighted by molar-refractivity contribution is 5.96. The number of esters is 1. The highest BCUT2D eigenvalue weighted by atomic mass is 16.5. The Morgan fingerprint density at radius 3 is 2.72 bits per heavy atom. The Balaban J connectivity index is 1.42. The number of H-pyrrole nitrogens is 1. The van der Waals surface area contributed by atoms with Crippen LogP contribution in [0.1, 0.15) is 31.2 Å². The van der Waals surface area contributed by atoms with Gasteiger partial charge in [-0.2, -0.15) is 0 Å². The Bertz CT molecular complexity index is 777. The number of fused-ring (bicyclic) bond motifs is 1. The fourth-order valence-corrected chi connectivity index (χ4v) is 3.08. The molecule has 0 atom stereocenters. The highest BCUT2D eigenvalue weighted by Gasteiger charge is 2.18. The number of urea groups is 1. The minimum Gasteiger partial charge on any atom is -0.455 e. The Labute approximate surface area is 145 Å². The van der Waals surface area contributed by atoms with Gasteiger partial charge in [-0.1, -0.05) is 31.0 Å². The maximum absolute atomic E-state index is 11.9. The van der Waals surface area contributed by atoms with E-state index in [1.54, 1.807) is 6.20 Å². The summed E-state index contributed by atoms with van der Waals surface area (Å²) in [6, 6.07) is 7.21. The lowest BCUT2D eigenvalue weighted by Crippen LogP contribution is -2.45. The van der Waals surface area contributed by atoms with E-state index in [1.165, 1.54) is 0 Å². The van der Waals surface area contributed by atoms with E-state index >= 15 is 0 Å². The van der Waals surface area contributed by atoms with E-state index in [2.05, 4.69) is 15.6 Å². The van der Waals surface area contributed by atoms with Crippen LogP contribution < -0.4 is 10.6 Å². The van der Waals surface area contributed by atoms with Crippen LogP contribution in [-0.2, 0) is 20.7 Å². The van der Waals surface area contributed by atoms with Crippen LogP contribution in [0.25, 0.3) is 10.9 Å². The summed E-state index contributed by atoms with van der Waals surface area (Å²) in [6.07, 6.45) is 5.85. The number of hydrogen-bond acceptors (Lipinski definition) is 4. The Kier molecular flexibility index (Phi) is 5.33. The zero-order chi connectivity index (χ0) is 17.6. The van der Waals surface area contributed by atoms with E-state index in [0.717, 1.165) is 42.1 Å². The molecule has 1 aromatic heterocycles. The van der Waals surface area contributed by atoms with Gasteiger partial charge in [0.05, 0.1) is 6.42 Å². The van der Waals surface area contributed by atoms with Gasteiger partial charge in [0.15, 0.2) is 6.61 Å². The Morgan fingerprint density at radius 1 is 1.16 bits per heavy atom. The SMILES string of the molecule is O=C(COC(=O)Cc1c[nH]c2ccccc12)NC(=O)NC1CCCC1. The molecule has 0 bridgehead atoms. The van der Waals surface area contributed by atoms with E-state index in [4.69, 9.17) is 4.74 Å². The third-order valence-electron chi connectivity index (χ3n) is 4.32. The van der Waals surface area contributed by atoms with Gasteiger partial charge in [0.25, 0.3) is 5.91 Å². The monoisotopic (exact) mass is 343 g/mol. The number of imide groups is 1. The van der Waals surface area contributed by atoms with Crippen molar-refractivity contribution < 1.29 is 19.1 Å². The summed E-state index contributed by atoms with van der Waals surface area (Å²) in [5, 5.41) is 5.86. The van der Waals surface area contributed by atoms with Gasteiger partial charge in [-0.05, 0) is 24.5 Å². The Hall–Kier alpha value is -2.83. The number of carbonyl (C=O) groups is 3. The van der Waals surface area contributed by atoms with Crippen molar-refractivity contribution in [1.82, 2.24) is 15.6 Å². The van der Waals surface area contributed by atoms with Crippen molar-refractivity contribution in [2.45, 2.75) is 38.1 Å². The number of para-hydroxylation sites is 1. The number of aromatic nitrogens is 1. The molecule has 3 N–H and O–H groups in total. The number of hydrogen-bond donors (Lipinski definition) is 3. The Morgan fingerprint density at radius 2 is 1.92 bits per heavy atom. The largest absolute Gasteiger partial charge is 0.455 e. The van der Waals surface area contributed by atoms with Crippen LogP contribution in [0, 0.1) is 0 Å². The summed E-state index contributed by atoms with van der Waals surface area (Å²) in [6.45, 7) is -0.473. The van der Waals surface area contributed by atoms with Crippen LogP contribution in [0.15, 0.2) is 30.5 Å². The van der Waals surface area contributed by atoms with E-state index in [1.807, 2.05) is 24.3 Å². The molecule has 7 nitrogen and oxygen atoms in total. The van der Waals surface area contributed by atoms with E-state index in [-0.39, 0.29) is 12.5 Å². The number of amides is 3. The lowest BCUT2D eigenvalue weighted by molar-refractivity contribution is -0.147. The van der Waals surface area contributed by atoms with Gasteiger partial charge < -0.3 is 15.0 Å². The molecule has 1 aliphatic carbocycles. The molecule has 0 radical (unpaired) electrons. The third kappa shape index (κ3) is 4.59. The number of rotatable bonds is 5. The van der Waals surface area contributed by atoms with E-state index in [0.29, 0.717) is 0 Å². The van der Waals surface area contributed by atoms with Crippen molar-refractivity contribution in [1.29, 1.82) is 0 Å². The maximum Gasteiger partial charge on any atom is 0.321 e. The molecule has 2 aromatic rings. The molecular formula is C18H21N3O4. The third-order valence-corrected chi connectivity index (χ3v) is 4.32. The van der Waals surface area contributed by atoms with Gasteiger partial charge in [0.1, 0.15) is 0 Å². The van der Waals surface area contributed by atoms with Crippen LogP contribution in [0.4, 0.5) is 4.79 Å². The zero-order valence-electron chi connectivity index (χ0n) is 13.8. The van der Waals surface area contributed by atoms with Crippen LogP contribution in [0.3, 0.4) is 0 Å². The summed E-state index contributed by atoms with van der Waals surface area (Å²) in [4.78, 5) is 38.3. The molecule has 1 aliphatic rings. The summed E-state index contributed by atoms with van der Waals surface area (Å²) in [5.41, 5.74) is 1.74. The smallest absolute Gasteiger partial charge is 0.321 e. The van der Waals surface area contributed by atoms with Crippen molar-refractivity contribution >= 4 is 28.8 Å². The van der Waals surface area contributed by atoms with E-state index in [9.17, 15) is 14.4 Å². The molecule has 132 valence electrons. The first-order chi connectivity index (χ1) is 12.1. The second-order valence-electron chi connectivity index (χ2n) is 6.20. The van der Waals surface area contributed by atoms with Crippen LogP contribution in [0.2, 0.25) is 0 Å². The predicted octanol–water partition coefficient (Wildman–Crippen LogP) is 2.02. The first-order valence-corrected chi connectivity index (χ1v) is 8.43. The summed E-state index contributed by atoms with van der Waals surface area (Å²) < 4.78 is 4.95. The van der Waals surface area contributed by atoms with Crippen molar-refractivity contribution in [2.75, 3.05) is 6.61 Å². The van der Waals surface area contributed by atoms with Gasteiger partial charge in [-0.25, -0.2) is 4.79 Å². The van der Waals surface area contributed by atoms with Gasteiger partial charge >= 0.3 is 12.0 Å². The standard InChI is InChI=1S/C18H21N3O4/c22-16(21-18(24)20-13-5-1-2-6-13)11-25-17(23)9-12-10-19-15-8-4-3-7-14(12)15/h3-4,7-8,10,13,19H,1-2,5-6,9,11H2,(H2,20,21,22,24). The first-order valence-electron chi connectivity index (χ1n) is 8.43. The van der Waals surface area contributed by atoms with Crippen LogP contribution in [-0.4, -0.2) is 35.5 Å². The average Bonchev–Trinajstić information content (AvgIpc) is 3.23. The maximum atomic E-state index is 11.9. The molecule has 0 spiro atoms. The first kappa shape index (κ1) is 17.0. The van der Waals surface area contributed by atoms with Crippen molar-refractivity contribution in [3.63, 3.8) is 0 Å². The second kappa shape index (κ2) is 7.83. The quantitative estimate of drug-likeness (QED) is 0.723. The number of aromatic amines is 1. The number of benzene rings is 1. The fourth-order valence-electron chi connectivity index (χ4n) is 3.08. The van der Waals surface area contributed by atoms with Gasteiger partial charge in [0.2, 0.25) is 0 Å². The lowest BCUT2D eigenvalue weighted by Gasteiger charge is -2.12. The summed E-state index contributed by atoms with van der Waals surface area (Å²) in [7, 11) is 0. The van der Waals surface area contributed by atoms with Gasteiger partial charge in [0, 0.05) is 23.1 Å². The summed E-state index contributed by atoms with van der Waals surface area (Å²) in [5.74, 6) is -1.15. The zero-order valence-corrected chi connectivity index (χ0v) is 13.8. The highest BCUT2D eigenvalue weighted by Crippen LogP contribution is 2.18. The minimum atomic E-state index is -0.636. The molecule has 0 saturated heterocycles.